The van der Waals surface area contributed by atoms with Crippen molar-refractivity contribution in [2.24, 2.45) is 0 Å². The molecule has 0 aliphatic carbocycles. The van der Waals surface area contributed by atoms with Crippen molar-refractivity contribution in [3.05, 3.63) is 0 Å². The number of aliphatic hydroxyl groups is 1. The first-order chi connectivity index (χ1) is 11.3. The fourth-order valence-electron chi connectivity index (χ4n) is 1.62. The van der Waals surface area contributed by atoms with Gasteiger partial charge in [-0.1, -0.05) is 0 Å². The number of nitrogens with one attached hydrogen (secondary N) is 1. The number of esters is 1. The zero-order valence-electron chi connectivity index (χ0n) is 13.5. The number of methoxy groups -OCH3 is 1. The first-order valence-corrected chi connectivity index (χ1v) is 10.3. The van der Waals surface area contributed by atoms with Crippen LogP contribution in [0, 0.1) is 0 Å². The van der Waals surface area contributed by atoms with Crippen LogP contribution in [0.2, 0.25) is 0 Å². The Bertz CT molecular complexity index is 518. The Hall–Kier alpha value is -0.840. The summed E-state index contributed by atoms with van der Waals surface area (Å²) < 4.78 is 31.5. The number of rotatable bonds is 12. The zero-order valence-corrected chi connectivity index (χ0v) is 15.3. The topological polar surface area (TPSA) is 203 Å². The van der Waals surface area contributed by atoms with E-state index < -0.39 is 38.6 Å². The largest absolute Gasteiger partial charge is 0.776 e. The van der Waals surface area contributed by atoms with E-state index in [1.807, 2.05) is 0 Å². The normalized spacial score (nSPS) is 16.6. The van der Waals surface area contributed by atoms with Crippen LogP contribution in [0.4, 0.5) is 0 Å². The SMILES string of the molecule is COCCOC(=O)CCC(=O)NCCCC(O)(P(=O)([O-])O)P(=O)(O)O. The van der Waals surface area contributed by atoms with Crippen molar-refractivity contribution in [3.63, 3.8) is 0 Å². The number of hydrogen-bond donors (Lipinski definition) is 5. The standard InChI is InChI=1S/C11H23NO11P2/c1-22-7-8-23-10(14)4-3-9(13)12-6-2-5-11(15,24(16,17)18)25(19,20)21/h15H,2-8H2,1H3,(H,12,13)(H2,16,17,18)(H2,19,20,21)/p-1. The Kier molecular flexibility index (Phi) is 10.00. The molecule has 0 saturated carbocycles. The third kappa shape index (κ3) is 8.39. The maximum Gasteiger partial charge on any atom is 0.365 e. The molecular weight excluding hydrogens is 384 g/mol. The van der Waals surface area contributed by atoms with E-state index >= 15 is 0 Å². The number of ether oxygens (including phenoxy) is 2. The molecule has 0 aromatic rings. The Balaban J connectivity index is 4.22. The minimum absolute atomic E-state index is 0.0499. The second kappa shape index (κ2) is 10.3. The van der Waals surface area contributed by atoms with Crippen LogP contribution in [0.15, 0.2) is 0 Å². The van der Waals surface area contributed by atoms with E-state index in [2.05, 4.69) is 10.1 Å². The zero-order chi connectivity index (χ0) is 19.7. The predicted molar refractivity (Wildman–Crippen MR) is 81.1 cm³/mol. The van der Waals surface area contributed by atoms with Gasteiger partial charge in [-0.2, -0.15) is 0 Å². The van der Waals surface area contributed by atoms with Crippen molar-refractivity contribution < 1.29 is 52.9 Å². The monoisotopic (exact) mass is 406 g/mol. The maximum atomic E-state index is 11.5. The molecule has 0 saturated heterocycles. The quantitative estimate of drug-likeness (QED) is 0.139. The van der Waals surface area contributed by atoms with Crippen LogP contribution in [0.3, 0.4) is 0 Å². The van der Waals surface area contributed by atoms with E-state index in [-0.39, 0.29) is 39.0 Å². The molecule has 0 aromatic heterocycles. The van der Waals surface area contributed by atoms with Gasteiger partial charge in [0.05, 0.1) is 13.0 Å². The highest BCUT2D eigenvalue weighted by Gasteiger charge is 2.52. The molecule has 14 heteroatoms. The molecular formula is C11H22NO11P2-. The summed E-state index contributed by atoms with van der Waals surface area (Å²) in [7, 11) is -9.89. The van der Waals surface area contributed by atoms with E-state index in [0.717, 1.165) is 0 Å². The third-order valence-electron chi connectivity index (χ3n) is 3.04. The first kappa shape index (κ1) is 24.2. The second-order valence-corrected chi connectivity index (χ2v) is 8.97. The van der Waals surface area contributed by atoms with Crippen molar-refractivity contribution >= 4 is 27.1 Å². The fourth-order valence-corrected chi connectivity index (χ4v) is 3.83. The van der Waals surface area contributed by atoms with E-state index in [1.165, 1.54) is 7.11 Å². The average Bonchev–Trinajstić information content (AvgIpc) is 2.47. The lowest BCUT2D eigenvalue weighted by molar-refractivity contribution is -0.206. The van der Waals surface area contributed by atoms with Gasteiger partial charge in [-0.05, 0) is 12.8 Å². The maximum absolute atomic E-state index is 11.5. The molecule has 0 aliphatic heterocycles. The number of hydrogen-bond acceptors (Lipinski definition) is 8. The van der Waals surface area contributed by atoms with Crippen LogP contribution >= 0.6 is 15.2 Å². The lowest BCUT2D eigenvalue weighted by atomic mass is 10.2. The number of carbonyl (C=O) groups is 2. The Morgan fingerprint density at radius 2 is 1.76 bits per heavy atom. The van der Waals surface area contributed by atoms with Crippen molar-refractivity contribution in [3.8, 4) is 0 Å². The average molecular weight is 406 g/mol. The van der Waals surface area contributed by atoms with Crippen LogP contribution in [-0.4, -0.2) is 63.6 Å². The third-order valence-corrected chi connectivity index (χ3v) is 6.86. The fraction of sp³-hybridized carbons (Fsp3) is 0.818. The lowest BCUT2D eigenvalue weighted by Gasteiger charge is -2.36. The summed E-state index contributed by atoms with van der Waals surface area (Å²) in [4.78, 5) is 60.3. The van der Waals surface area contributed by atoms with Gasteiger partial charge in [0.2, 0.25) is 11.0 Å². The Morgan fingerprint density at radius 3 is 2.24 bits per heavy atom. The van der Waals surface area contributed by atoms with Crippen LogP contribution < -0.4 is 10.2 Å². The lowest BCUT2D eigenvalue weighted by Crippen LogP contribution is -2.35. The van der Waals surface area contributed by atoms with Crippen LogP contribution in [0.5, 0.6) is 0 Å². The van der Waals surface area contributed by atoms with E-state index in [0.29, 0.717) is 0 Å². The summed E-state index contributed by atoms with van der Waals surface area (Å²) in [5, 5.41) is 8.21. The van der Waals surface area contributed by atoms with Crippen molar-refractivity contribution in [2.45, 2.75) is 30.8 Å². The molecule has 25 heavy (non-hydrogen) atoms. The molecule has 2 unspecified atom stereocenters. The molecule has 0 aromatic carbocycles. The molecule has 0 bridgehead atoms. The highest BCUT2D eigenvalue weighted by Crippen LogP contribution is 2.67. The molecule has 148 valence electrons. The Morgan fingerprint density at radius 1 is 1.16 bits per heavy atom. The van der Waals surface area contributed by atoms with Gasteiger partial charge in [0.25, 0.3) is 0 Å². The summed E-state index contributed by atoms with van der Waals surface area (Å²) in [6.45, 7) is 0.0308. The minimum atomic E-state index is -5.75. The summed E-state index contributed by atoms with van der Waals surface area (Å²) in [5.74, 6) is -1.20. The van der Waals surface area contributed by atoms with Crippen LogP contribution in [-0.2, 0) is 28.2 Å². The number of amides is 1. The van der Waals surface area contributed by atoms with Crippen molar-refractivity contribution in [1.29, 1.82) is 0 Å². The highest BCUT2D eigenvalue weighted by atomic mass is 31.2. The van der Waals surface area contributed by atoms with E-state index in [4.69, 9.17) is 19.4 Å². The molecule has 0 rings (SSSR count). The molecule has 2 atom stereocenters. The van der Waals surface area contributed by atoms with Gasteiger partial charge in [-0.25, -0.2) is 0 Å². The Labute approximate surface area is 143 Å². The van der Waals surface area contributed by atoms with Gasteiger partial charge in [0.1, 0.15) is 6.61 Å². The van der Waals surface area contributed by atoms with Crippen LogP contribution in [0.25, 0.3) is 0 Å². The van der Waals surface area contributed by atoms with Gasteiger partial charge < -0.3 is 44.0 Å². The van der Waals surface area contributed by atoms with Gasteiger partial charge in [-0.15, -0.1) is 0 Å². The predicted octanol–water partition coefficient (Wildman–Crippen LogP) is -1.78. The van der Waals surface area contributed by atoms with Crippen LogP contribution in [0.1, 0.15) is 25.7 Å². The summed E-state index contributed by atoms with van der Waals surface area (Å²) in [5.41, 5.74) is 0. The highest BCUT2D eigenvalue weighted by molar-refractivity contribution is 7.71. The molecule has 0 aliphatic rings. The minimum Gasteiger partial charge on any atom is -0.776 e. The van der Waals surface area contributed by atoms with E-state index in [9.17, 15) is 28.7 Å². The molecule has 0 spiro atoms. The van der Waals surface area contributed by atoms with Gasteiger partial charge in [0.15, 0.2) is 7.60 Å². The molecule has 0 fully saturated rings. The molecule has 1 amide bonds. The molecule has 0 heterocycles. The van der Waals surface area contributed by atoms with Gasteiger partial charge in [0, 0.05) is 20.1 Å². The molecule has 12 nitrogen and oxygen atoms in total. The van der Waals surface area contributed by atoms with E-state index in [1.54, 1.807) is 0 Å². The summed E-state index contributed by atoms with van der Waals surface area (Å²) in [6, 6.07) is 0. The first-order valence-electron chi connectivity index (χ1n) is 7.08. The van der Waals surface area contributed by atoms with Crippen molar-refractivity contribution in [1.82, 2.24) is 5.32 Å². The smallest absolute Gasteiger partial charge is 0.365 e. The number of carbonyl (C=O) groups excluding carboxylic acids is 2. The summed E-state index contributed by atoms with van der Waals surface area (Å²) >= 11 is 0. The molecule has 0 radical (unpaired) electrons. The van der Waals surface area contributed by atoms with Gasteiger partial charge in [-0.3, -0.25) is 14.2 Å². The van der Waals surface area contributed by atoms with Gasteiger partial charge >= 0.3 is 13.6 Å². The second-order valence-electron chi connectivity index (χ2n) is 5.01. The summed E-state index contributed by atoms with van der Waals surface area (Å²) in [6.07, 6.45) is -1.75. The molecule has 5 N–H and O–H groups in total. The van der Waals surface area contributed by atoms with Crippen molar-refractivity contribution in [2.75, 3.05) is 26.9 Å².